The van der Waals surface area contributed by atoms with Crippen molar-refractivity contribution in [2.24, 2.45) is 0 Å². The van der Waals surface area contributed by atoms with E-state index >= 15 is 0 Å². The minimum absolute atomic E-state index is 0.125. The second-order valence-electron chi connectivity index (χ2n) is 10.9. The van der Waals surface area contributed by atoms with Crippen molar-refractivity contribution in [2.75, 3.05) is 20.1 Å². The highest BCUT2D eigenvalue weighted by Gasteiger charge is 2.33. The van der Waals surface area contributed by atoms with Crippen molar-refractivity contribution < 1.29 is 23.9 Å². The first-order valence-electron chi connectivity index (χ1n) is 14.2. The van der Waals surface area contributed by atoms with Crippen LogP contribution in [0.2, 0.25) is 5.02 Å². The molecule has 218 valence electrons. The lowest BCUT2D eigenvalue weighted by Crippen LogP contribution is -2.53. The molecule has 0 bridgehead atoms. The third kappa shape index (κ3) is 6.89. The second-order valence-corrected chi connectivity index (χ2v) is 11.4. The predicted octanol–water partition coefficient (Wildman–Crippen LogP) is 4.99. The standard InChI is InChI=1S/C33H34ClN3O5/c1-36(29-13-14-31(39)35-32(29)40)33(41)27-3-2-4-30(28(27)20-38)42-21-23-7-5-22(6-8-23)19-37-17-15-25(16-18-37)24-9-11-26(34)12-10-24/h2-12,20,25,29H,13-19,21H2,1H3,(H,35,39,40). The van der Waals surface area contributed by atoms with Crippen molar-refractivity contribution in [1.29, 1.82) is 0 Å². The van der Waals surface area contributed by atoms with Crippen molar-refractivity contribution >= 4 is 35.6 Å². The van der Waals surface area contributed by atoms with E-state index in [0.29, 0.717) is 18.0 Å². The maximum atomic E-state index is 13.2. The molecule has 0 radical (unpaired) electrons. The summed E-state index contributed by atoms with van der Waals surface area (Å²) in [6.45, 7) is 3.20. The number of carbonyl (C=O) groups is 4. The van der Waals surface area contributed by atoms with E-state index in [1.54, 1.807) is 12.1 Å². The highest BCUT2D eigenvalue weighted by atomic mass is 35.5. The number of hydrogen-bond donors (Lipinski definition) is 1. The monoisotopic (exact) mass is 587 g/mol. The van der Waals surface area contributed by atoms with Gasteiger partial charge in [-0.25, -0.2) is 0 Å². The van der Waals surface area contributed by atoms with Gasteiger partial charge in [0.2, 0.25) is 11.8 Å². The number of nitrogens with zero attached hydrogens (tertiary/aromatic N) is 2. The van der Waals surface area contributed by atoms with E-state index in [0.717, 1.165) is 43.1 Å². The van der Waals surface area contributed by atoms with Gasteiger partial charge in [-0.3, -0.25) is 29.4 Å². The molecule has 2 saturated heterocycles. The van der Waals surface area contributed by atoms with Crippen LogP contribution in [-0.2, 0) is 22.7 Å². The van der Waals surface area contributed by atoms with E-state index in [1.165, 1.54) is 29.1 Å². The van der Waals surface area contributed by atoms with E-state index in [9.17, 15) is 19.2 Å². The number of likely N-dealkylation sites (tertiary alicyclic amines) is 1. The van der Waals surface area contributed by atoms with Crippen molar-refractivity contribution in [3.8, 4) is 5.75 Å². The third-order valence-corrected chi connectivity index (χ3v) is 8.42. The number of hydrogen-bond acceptors (Lipinski definition) is 6. The average Bonchev–Trinajstić information content (AvgIpc) is 3.00. The van der Waals surface area contributed by atoms with Gasteiger partial charge in [-0.1, -0.05) is 54.1 Å². The zero-order valence-electron chi connectivity index (χ0n) is 23.6. The molecule has 0 aliphatic carbocycles. The third-order valence-electron chi connectivity index (χ3n) is 8.16. The lowest BCUT2D eigenvalue weighted by atomic mass is 9.89. The zero-order valence-corrected chi connectivity index (χ0v) is 24.3. The van der Waals surface area contributed by atoms with Gasteiger partial charge < -0.3 is 9.64 Å². The number of ether oxygens (including phenoxy) is 1. The van der Waals surface area contributed by atoms with E-state index < -0.39 is 17.9 Å². The largest absolute Gasteiger partial charge is 0.488 e. The number of piperidine rings is 2. The average molecular weight is 588 g/mol. The Labute approximate surface area is 250 Å². The van der Waals surface area contributed by atoms with Crippen molar-refractivity contribution in [3.05, 3.63) is 99.6 Å². The number of likely N-dealkylation sites (N-methyl/N-ethyl adjacent to an activating group) is 1. The van der Waals surface area contributed by atoms with Crippen LogP contribution < -0.4 is 10.1 Å². The predicted molar refractivity (Wildman–Crippen MR) is 160 cm³/mol. The molecule has 8 nitrogen and oxygen atoms in total. The van der Waals surface area contributed by atoms with Crippen LogP contribution in [0.25, 0.3) is 0 Å². The van der Waals surface area contributed by atoms with Gasteiger partial charge in [0.25, 0.3) is 5.91 Å². The van der Waals surface area contributed by atoms with E-state index in [2.05, 4.69) is 34.5 Å². The Balaban J connectivity index is 1.16. The van der Waals surface area contributed by atoms with Crippen molar-refractivity contribution in [1.82, 2.24) is 15.1 Å². The Morgan fingerprint density at radius 2 is 1.69 bits per heavy atom. The SMILES string of the molecule is CN(C(=O)c1cccc(OCc2ccc(CN3CCC(c4ccc(Cl)cc4)CC3)cc2)c1C=O)C1CCC(=O)NC1=O. The molecule has 0 spiro atoms. The number of imide groups is 1. The topological polar surface area (TPSA) is 96.0 Å². The second kappa shape index (κ2) is 13.3. The molecular weight excluding hydrogens is 554 g/mol. The molecule has 42 heavy (non-hydrogen) atoms. The van der Waals surface area contributed by atoms with Crippen LogP contribution in [0.3, 0.4) is 0 Å². The molecule has 9 heteroatoms. The van der Waals surface area contributed by atoms with Gasteiger partial charge in [0.1, 0.15) is 18.4 Å². The molecule has 1 unspecified atom stereocenters. The summed E-state index contributed by atoms with van der Waals surface area (Å²) >= 11 is 6.04. The van der Waals surface area contributed by atoms with Gasteiger partial charge in [-0.05, 0) is 79.2 Å². The number of aldehydes is 1. The smallest absolute Gasteiger partial charge is 0.255 e. The first-order chi connectivity index (χ1) is 20.3. The Kier molecular flexibility index (Phi) is 9.35. The highest BCUT2D eigenvalue weighted by Crippen LogP contribution is 2.30. The molecule has 5 rings (SSSR count). The summed E-state index contributed by atoms with van der Waals surface area (Å²) in [6, 6.07) is 20.5. The quantitative estimate of drug-likeness (QED) is 0.280. The maximum Gasteiger partial charge on any atom is 0.255 e. The summed E-state index contributed by atoms with van der Waals surface area (Å²) in [5.74, 6) is -0.503. The minimum atomic E-state index is -0.785. The molecule has 0 saturated carbocycles. The van der Waals surface area contributed by atoms with Gasteiger partial charge >= 0.3 is 0 Å². The van der Waals surface area contributed by atoms with Crippen LogP contribution in [0.15, 0.2) is 66.7 Å². The van der Waals surface area contributed by atoms with Gasteiger partial charge in [-0.15, -0.1) is 0 Å². The van der Waals surface area contributed by atoms with E-state index in [-0.39, 0.29) is 36.5 Å². The summed E-state index contributed by atoms with van der Waals surface area (Å²) in [5, 5.41) is 3.03. The molecule has 3 amide bonds. The fourth-order valence-corrected chi connectivity index (χ4v) is 5.81. The molecule has 2 fully saturated rings. The summed E-state index contributed by atoms with van der Waals surface area (Å²) in [4.78, 5) is 52.7. The van der Waals surface area contributed by atoms with E-state index in [4.69, 9.17) is 16.3 Å². The molecule has 3 aromatic carbocycles. The summed E-state index contributed by atoms with van der Waals surface area (Å²) in [6.07, 6.45) is 3.23. The minimum Gasteiger partial charge on any atom is -0.488 e. The summed E-state index contributed by atoms with van der Waals surface area (Å²) in [5.41, 5.74) is 3.79. The van der Waals surface area contributed by atoms with Crippen LogP contribution in [0, 0.1) is 0 Å². The molecule has 1 N–H and O–H groups in total. The van der Waals surface area contributed by atoms with Gasteiger partial charge in [0, 0.05) is 25.0 Å². The molecule has 1 atom stereocenters. The summed E-state index contributed by atoms with van der Waals surface area (Å²) < 4.78 is 5.97. The number of nitrogens with one attached hydrogen (secondary N) is 1. The fourth-order valence-electron chi connectivity index (χ4n) is 5.68. The van der Waals surface area contributed by atoms with Crippen LogP contribution in [0.1, 0.15) is 69.0 Å². The Morgan fingerprint density at radius 3 is 2.36 bits per heavy atom. The zero-order chi connectivity index (χ0) is 29.6. The number of rotatable bonds is 9. The van der Waals surface area contributed by atoms with Crippen molar-refractivity contribution in [3.63, 3.8) is 0 Å². The first kappa shape index (κ1) is 29.5. The maximum absolute atomic E-state index is 13.2. The van der Waals surface area contributed by atoms with Crippen molar-refractivity contribution in [2.45, 2.75) is 50.8 Å². The highest BCUT2D eigenvalue weighted by molar-refractivity contribution is 6.30. The molecule has 0 aromatic heterocycles. The first-order valence-corrected chi connectivity index (χ1v) is 14.6. The number of amides is 3. The lowest BCUT2D eigenvalue weighted by Gasteiger charge is -2.32. The van der Waals surface area contributed by atoms with Gasteiger partial charge in [0.05, 0.1) is 11.1 Å². The normalized spacial score (nSPS) is 17.9. The lowest BCUT2D eigenvalue weighted by molar-refractivity contribution is -0.136. The molecule has 2 aliphatic heterocycles. The van der Waals surface area contributed by atoms with Crippen LogP contribution in [0.5, 0.6) is 5.75 Å². The van der Waals surface area contributed by atoms with Crippen LogP contribution in [0.4, 0.5) is 0 Å². The summed E-state index contributed by atoms with van der Waals surface area (Å²) in [7, 11) is 1.49. The number of carbonyl (C=O) groups excluding carboxylic acids is 4. The number of halogens is 1. The van der Waals surface area contributed by atoms with Crippen LogP contribution in [-0.4, -0.2) is 60.0 Å². The van der Waals surface area contributed by atoms with Gasteiger partial charge in [-0.2, -0.15) is 0 Å². The number of benzene rings is 3. The van der Waals surface area contributed by atoms with Gasteiger partial charge in [0.15, 0.2) is 6.29 Å². The fraction of sp³-hybridized carbons (Fsp3) is 0.333. The Bertz CT molecular complexity index is 1450. The Morgan fingerprint density at radius 1 is 1.00 bits per heavy atom. The Hall–Kier alpha value is -4.01. The van der Waals surface area contributed by atoms with E-state index in [1.807, 2.05) is 24.3 Å². The molecule has 3 aromatic rings. The molecule has 2 heterocycles. The van der Waals surface area contributed by atoms with Crippen LogP contribution >= 0.6 is 11.6 Å². The molecular formula is C33H34ClN3O5. The molecule has 2 aliphatic rings.